The molecule has 4 nitrogen and oxygen atoms in total. The van der Waals surface area contributed by atoms with Crippen LogP contribution in [0.3, 0.4) is 0 Å². The highest BCUT2D eigenvalue weighted by Gasteiger charge is 2.48. The maximum Gasteiger partial charge on any atom is 0.240 e. The molecule has 1 fully saturated rings. The quantitative estimate of drug-likeness (QED) is 0.716. The van der Waals surface area contributed by atoms with Gasteiger partial charge in [-0.3, -0.25) is 4.79 Å². The average Bonchev–Trinajstić information content (AvgIpc) is 2.20. The molecule has 1 aliphatic carbocycles. The summed E-state index contributed by atoms with van der Waals surface area (Å²) in [7, 11) is 0. The lowest BCUT2D eigenvalue weighted by Crippen LogP contribution is -2.49. The Labute approximate surface area is 90.3 Å². The van der Waals surface area contributed by atoms with Gasteiger partial charge in [0.05, 0.1) is 6.07 Å². The topological polar surface area (TPSA) is 73.1 Å². The minimum atomic E-state index is -0.797. The molecule has 1 amide bonds. The van der Waals surface area contributed by atoms with Gasteiger partial charge < -0.3 is 10.4 Å². The molecule has 0 saturated heterocycles. The third-order valence-corrected chi connectivity index (χ3v) is 2.97. The highest BCUT2D eigenvalue weighted by Crippen LogP contribution is 2.44. The molecule has 0 bridgehead atoms. The summed E-state index contributed by atoms with van der Waals surface area (Å²) < 4.78 is 0. The maximum atomic E-state index is 11.7. The molecule has 1 atom stereocenters. The Morgan fingerprint density at radius 2 is 2.33 bits per heavy atom. The number of carbonyl (C=O) groups excluding carboxylic acids is 1. The first kappa shape index (κ1) is 12.0. The standard InChI is InChI=1S/C11H18N2O2/c1-8-3-11(4-8,7-12)10(15)13-5-9(2)6-14/h8-9,14H,3-6H2,1-2H3,(H,13,15). The fourth-order valence-corrected chi connectivity index (χ4v) is 1.96. The highest BCUT2D eigenvalue weighted by atomic mass is 16.3. The van der Waals surface area contributed by atoms with Crippen LogP contribution in [0.25, 0.3) is 0 Å². The second kappa shape index (κ2) is 4.63. The third kappa shape index (κ3) is 2.48. The summed E-state index contributed by atoms with van der Waals surface area (Å²) in [6, 6.07) is 2.11. The maximum absolute atomic E-state index is 11.7. The minimum absolute atomic E-state index is 0.0437. The van der Waals surface area contributed by atoms with Gasteiger partial charge in [-0.2, -0.15) is 5.26 Å². The molecule has 84 valence electrons. The first-order valence-electron chi connectivity index (χ1n) is 5.34. The third-order valence-electron chi connectivity index (χ3n) is 2.97. The number of nitrogens with one attached hydrogen (secondary N) is 1. The molecular formula is C11H18N2O2. The molecule has 4 heteroatoms. The predicted molar refractivity (Wildman–Crippen MR) is 55.7 cm³/mol. The van der Waals surface area contributed by atoms with E-state index < -0.39 is 5.41 Å². The average molecular weight is 210 g/mol. The van der Waals surface area contributed by atoms with Crippen molar-refractivity contribution in [2.24, 2.45) is 17.3 Å². The number of hydrogen-bond donors (Lipinski definition) is 2. The summed E-state index contributed by atoms with van der Waals surface area (Å²) in [6.07, 6.45) is 1.31. The SMILES string of the molecule is CC(CO)CNC(=O)C1(C#N)CC(C)C1. The number of aliphatic hydroxyl groups excluding tert-OH is 1. The van der Waals surface area contributed by atoms with Crippen molar-refractivity contribution < 1.29 is 9.90 Å². The van der Waals surface area contributed by atoms with Gasteiger partial charge in [0.15, 0.2) is 0 Å². The van der Waals surface area contributed by atoms with Crippen LogP contribution in [0, 0.1) is 28.6 Å². The van der Waals surface area contributed by atoms with E-state index in [-0.39, 0.29) is 18.4 Å². The Morgan fingerprint density at radius 3 is 2.73 bits per heavy atom. The lowest BCUT2D eigenvalue weighted by molar-refractivity contribution is -0.134. The molecule has 2 N–H and O–H groups in total. The van der Waals surface area contributed by atoms with E-state index in [9.17, 15) is 4.79 Å². The van der Waals surface area contributed by atoms with Crippen molar-refractivity contribution in [2.45, 2.75) is 26.7 Å². The summed E-state index contributed by atoms with van der Waals surface area (Å²) in [5, 5.41) is 20.5. The highest BCUT2D eigenvalue weighted by molar-refractivity contribution is 5.86. The van der Waals surface area contributed by atoms with Crippen LogP contribution in [-0.2, 0) is 4.79 Å². The van der Waals surface area contributed by atoms with Crippen LogP contribution in [0.1, 0.15) is 26.7 Å². The van der Waals surface area contributed by atoms with Gasteiger partial charge in [-0.15, -0.1) is 0 Å². The van der Waals surface area contributed by atoms with E-state index in [0.29, 0.717) is 25.3 Å². The van der Waals surface area contributed by atoms with Gasteiger partial charge in [0, 0.05) is 13.2 Å². The van der Waals surface area contributed by atoms with Crippen molar-refractivity contribution in [3.63, 3.8) is 0 Å². The van der Waals surface area contributed by atoms with Crippen LogP contribution in [0.2, 0.25) is 0 Å². The smallest absolute Gasteiger partial charge is 0.240 e. The number of amides is 1. The van der Waals surface area contributed by atoms with Crippen molar-refractivity contribution in [3.8, 4) is 6.07 Å². The first-order chi connectivity index (χ1) is 7.04. The van der Waals surface area contributed by atoms with E-state index in [0.717, 1.165) is 0 Å². The van der Waals surface area contributed by atoms with Gasteiger partial charge in [-0.05, 0) is 24.7 Å². The van der Waals surface area contributed by atoms with Gasteiger partial charge in [0.1, 0.15) is 5.41 Å². The number of hydrogen-bond acceptors (Lipinski definition) is 3. The lowest BCUT2D eigenvalue weighted by Gasteiger charge is -2.39. The lowest BCUT2D eigenvalue weighted by atomic mass is 9.63. The molecule has 1 unspecified atom stereocenters. The van der Waals surface area contributed by atoms with Crippen molar-refractivity contribution >= 4 is 5.91 Å². The summed E-state index contributed by atoms with van der Waals surface area (Å²) in [4.78, 5) is 11.7. The molecule has 15 heavy (non-hydrogen) atoms. The first-order valence-corrected chi connectivity index (χ1v) is 5.34. The van der Waals surface area contributed by atoms with E-state index >= 15 is 0 Å². The molecule has 0 aliphatic heterocycles. The van der Waals surface area contributed by atoms with Crippen LogP contribution in [0.15, 0.2) is 0 Å². The van der Waals surface area contributed by atoms with E-state index in [4.69, 9.17) is 10.4 Å². The monoisotopic (exact) mass is 210 g/mol. The summed E-state index contributed by atoms with van der Waals surface area (Å²) in [5.41, 5.74) is -0.797. The van der Waals surface area contributed by atoms with Crippen molar-refractivity contribution in [1.29, 1.82) is 5.26 Å². The number of rotatable bonds is 4. The normalized spacial score (nSPS) is 31.2. The molecule has 0 aromatic carbocycles. The molecule has 0 radical (unpaired) electrons. The van der Waals surface area contributed by atoms with Crippen LogP contribution >= 0.6 is 0 Å². The zero-order valence-corrected chi connectivity index (χ0v) is 9.29. The number of carbonyl (C=O) groups is 1. The van der Waals surface area contributed by atoms with Crippen molar-refractivity contribution in [3.05, 3.63) is 0 Å². The largest absolute Gasteiger partial charge is 0.396 e. The molecule has 1 saturated carbocycles. The molecule has 0 aromatic heterocycles. The Balaban J connectivity index is 2.43. The molecule has 0 heterocycles. The number of aliphatic hydroxyl groups is 1. The molecule has 1 aliphatic rings. The van der Waals surface area contributed by atoms with E-state index in [1.807, 2.05) is 13.8 Å². The van der Waals surface area contributed by atoms with Crippen LogP contribution in [-0.4, -0.2) is 24.2 Å². The van der Waals surface area contributed by atoms with E-state index in [1.165, 1.54) is 0 Å². The van der Waals surface area contributed by atoms with Gasteiger partial charge in [0.25, 0.3) is 0 Å². The van der Waals surface area contributed by atoms with Gasteiger partial charge in [-0.1, -0.05) is 13.8 Å². The summed E-state index contributed by atoms with van der Waals surface area (Å²) in [5.74, 6) is 0.330. The van der Waals surface area contributed by atoms with E-state index in [2.05, 4.69) is 11.4 Å². The minimum Gasteiger partial charge on any atom is -0.396 e. The number of nitrogens with zero attached hydrogens (tertiary/aromatic N) is 1. The fourth-order valence-electron chi connectivity index (χ4n) is 1.96. The molecule has 0 spiro atoms. The number of nitriles is 1. The Bertz CT molecular complexity index is 277. The predicted octanol–water partition coefficient (Wildman–Crippen LogP) is 0.671. The zero-order valence-electron chi connectivity index (χ0n) is 9.29. The van der Waals surface area contributed by atoms with Crippen molar-refractivity contribution in [2.75, 3.05) is 13.2 Å². The second-order valence-electron chi connectivity index (χ2n) is 4.71. The van der Waals surface area contributed by atoms with Crippen LogP contribution in [0.5, 0.6) is 0 Å². The molecule has 1 rings (SSSR count). The van der Waals surface area contributed by atoms with Gasteiger partial charge in [0.2, 0.25) is 5.91 Å². The van der Waals surface area contributed by atoms with Crippen molar-refractivity contribution in [1.82, 2.24) is 5.32 Å². The van der Waals surface area contributed by atoms with Crippen LogP contribution in [0.4, 0.5) is 0 Å². The second-order valence-corrected chi connectivity index (χ2v) is 4.71. The Kier molecular flexibility index (Phi) is 3.70. The van der Waals surface area contributed by atoms with Gasteiger partial charge >= 0.3 is 0 Å². The molecule has 0 aromatic rings. The summed E-state index contributed by atoms with van der Waals surface area (Å²) in [6.45, 7) is 4.38. The molecular weight excluding hydrogens is 192 g/mol. The Morgan fingerprint density at radius 1 is 1.73 bits per heavy atom. The summed E-state index contributed by atoms with van der Waals surface area (Å²) >= 11 is 0. The zero-order chi connectivity index (χ0) is 11.5. The van der Waals surface area contributed by atoms with Crippen LogP contribution < -0.4 is 5.32 Å². The fraction of sp³-hybridized carbons (Fsp3) is 0.818. The Hall–Kier alpha value is -1.08. The van der Waals surface area contributed by atoms with E-state index in [1.54, 1.807) is 0 Å². The van der Waals surface area contributed by atoms with Gasteiger partial charge in [-0.25, -0.2) is 0 Å².